The Morgan fingerprint density at radius 3 is 2.64 bits per heavy atom. The Morgan fingerprint density at radius 1 is 1.05 bits per heavy atom. The standard InChI is InChI=1S/C19H21FN2/c1-22(2)17-11-21-19-16-10-14(20)8-7-13(16)9-12-5-3-4-6-15(12)18(17)19/h3-8,10,17-19,21H,9,11H2,1-2H3/t17?,18-,19+/m0/s1. The van der Waals surface area contributed by atoms with E-state index < -0.39 is 0 Å². The van der Waals surface area contributed by atoms with Gasteiger partial charge in [0.15, 0.2) is 0 Å². The molecule has 0 aromatic heterocycles. The molecule has 0 bridgehead atoms. The minimum absolute atomic E-state index is 0.140. The molecular weight excluding hydrogens is 275 g/mol. The first kappa shape index (κ1) is 13.9. The highest BCUT2D eigenvalue weighted by Crippen LogP contribution is 2.45. The summed E-state index contributed by atoms with van der Waals surface area (Å²) in [6.45, 7) is 0.937. The molecule has 0 spiro atoms. The van der Waals surface area contributed by atoms with Crippen molar-refractivity contribution in [1.82, 2.24) is 10.2 Å². The Morgan fingerprint density at radius 2 is 1.82 bits per heavy atom. The van der Waals surface area contributed by atoms with Gasteiger partial charge < -0.3 is 10.2 Å². The summed E-state index contributed by atoms with van der Waals surface area (Å²) in [6, 6.07) is 14.6. The molecule has 114 valence electrons. The summed E-state index contributed by atoms with van der Waals surface area (Å²) in [5.41, 5.74) is 5.16. The lowest BCUT2D eigenvalue weighted by atomic mass is 9.84. The van der Waals surface area contributed by atoms with Crippen LogP contribution in [-0.4, -0.2) is 31.6 Å². The third kappa shape index (κ3) is 2.08. The summed E-state index contributed by atoms with van der Waals surface area (Å²) < 4.78 is 13.8. The van der Waals surface area contributed by atoms with E-state index in [9.17, 15) is 4.39 Å². The van der Waals surface area contributed by atoms with Gasteiger partial charge in [0.25, 0.3) is 0 Å². The van der Waals surface area contributed by atoms with Crippen LogP contribution in [0.5, 0.6) is 0 Å². The molecule has 1 heterocycles. The van der Waals surface area contributed by atoms with Crippen LogP contribution in [0.25, 0.3) is 0 Å². The van der Waals surface area contributed by atoms with Crippen molar-refractivity contribution in [3.8, 4) is 0 Å². The maximum absolute atomic E-state index is 13.8. The van der Waals surface area contributed by atoms with E-state index in [-0.39, 0.29) is 11.9 Å². The topological polar surface area (TPSA) is 15.3 Å². The number of benzene rings is 2. The number of hydrogen-bond donors (Lipinski definition) is 1. The van der Waals surface area contributed by atoms with Gasteiger partial charge >= 0.3 is 0 Å². The lowest BCUT2D eigenvalue weighted by Gasteiger charge is -2.29. The van der Waals surface area contributed by atoms with Gasteiger partial charge in [-0.3, -0.25) is 0 Å². The molecule has 1 unspecified atom stereocenters. The summed E-state index contributed by atoms with van der Waals surface area (Å²) in [5, 5.41) is 3.65. The number of likely N-dealkylation sites (N-methyl/N-ethyl adjacent to an activating group) is 1. The third-order valence-electron chi connectivity index (χ3n) is 5.22. The summed E-state index contributed by atoms with van der Waals surface area (Å²) in [6.07, 6.45) is 0.889. The zero-order chi connectivity index (χ0) is 15.3. The van der Waals surface area contributed by atoms with Gasteiger partial charge in [-0.05, 0) is 54.9 Å². The second kappa shape index (κ2) is 5.18. The van der Waals surface area contributed by atoms with Crippen molar-refractivity contribution >= 4 is 0 Å². The number of halogens is 1. The van der Waals surface area contributed by atoms with Gasteiger partial charge in [-0.25, -0.2) is 4.39 Å². The first-order valence-electron chi connectivity index (χ1n) is 7.91. The Hall–Kier alpha value is -1.71. The van der Waals surface area contributed by atoms with Crippen LogP contribution in [0.15, 0.2) is 42.5 Å². The van der Waals surface area contributed by atoms with Crippen molar-refractivity contribution in [2.45, 2.75) is 24.4 Å². The van der Waals surface area contributed by atoms with Gasteiger partial charge in [-0.15, -0.1) is 0 Å². The first-order chi connectivity index (χ1) is 10.6. The minimum Gasteiger partial charge on any atom is -0.308 e. The van der Waals surface area contributed by atoms with Gasteiger partial charge in [0.1, 0.15) is 5.82 Å². The Kier molecular flexibility index (Phi) is 3.28. The minimum atomic E-state index is -0.140. The summed E-state index contributed by atoms with van der Waals surface area (Å²) in [7, 11) is 4.27. The molecule has 0 radical (unpaired) electrons. The molecule has 3 heteroatoms. The average Bonchev–Trinajstić information content (AvgIpc) is 2.89. The molecule has 3 atom stereocenters. The maximum Gasteiger partial charge on any atom is 0.123 e. The summed E-state index contributed by atoms with van der Waals surface area (Å²) in [5.74, 6) is 0.229. The number of rotatable bonds is 1. The van der Waals surface area contributed by atoms with Crippen LogP contribution in [0.2, 0.25) is 0 Å². The first-order valence-corrected chi connectivity index (χ1v) is 7.91. The third-order valence-corrected chi connectivity index (χ3v) is 5.22. The fourth-order valence-electron chi connectivity index (χ4n) is 4.16. The van der Waals surface area contributed by atoms with E-state index >= 15 is 0 Å². The summed E-state index contributed by atoms with van der Waals surface area (Å²) >= 11 is 0. The molecule has 0 amide bonds. The summed E-state index contributed by atoms with van der Waals surface area (Å²) in [4.78, 5) is 2.29. The molecule has 1 aliphatic heterocycles. The predicted molar refractivity (Wildman–Crippen MR) is 86.6 cm³/mol. The lowest BCUT2D eigenvalue weighted by molar-refractivity contribution is 0.283. The van der Waals surface area contributed by atoms with Gasteiger partial charge in [0, 0.05) is 24.5 Å². The van der Waals surface area contributed by atoms with E-state index in [4.69, 9.17) is 0 Å². The predicted octanol–water partition coefficient (Wildman–Crippen LogP) is 3.09. The highest BCUT2D eigenvalue weighted by atomic mass is 19.1. The lowest BCUT2D eigenvalue weighted by Crippen LogP contribution is -2.34. The van der Waals surface area contributed by atoms with Gasteiger partial charge in [-0.1, -0.05) is 30.3 Å². The SMILES string of the molecule is CN(C)C1CN[C@@H]2c3cc(F)ccc3Cc3ccccc3[C@@H]12. The van der Waals surface area contributed by atoms with Crippen molar-refractivity contribution < 1.29 is 4.39 Å². The van der Waals surface area contributed by atoms with Crippen molar-refractivity contribution in [3.05, 3.63) is 70.5 Å². The molecule has 4 rings (SSSR count). The van der Waals surface area contributed by atoms with Crippen molar-refractivity contribution in [2.75, 3.05) is 20.6 Å². The molecule has 1 N–H and O–H groups in total. The second-order valence-electron chi connectivity index (χ2n) is 6.66. The molecule has 2 nitrogen and oxygen atoms in total. The van der Waals surface area contributed by atoms with E-state index in [1.54, 1.807) is 12.1 Å². The van der Waals surface area contributed by atoms with Crippen LogP contribution in [0.1, 0.15) is 34.2 Å². The molecular formula is C19H21FN2. The fourth-order valence-corrected chi connectivity index (χ4v) is 4.16. The van der Waals surface area contributed by atoms with Crippen molar-refractivity contribution in [3.63, 3.8) is 0 Å². The molecule has 22 heavy (non-hydrogen) atoms. The monoisotopic (exact) mass is 296 g/mol. The number of fused-ring (bicyclic) bond motifs is 5. The number of hydrogen-bond acceptors (Lipinski definition) is 2. The Bertz CT molecular complexity index is 710. The van der Waals surface area contributed by atoms with E-state index in [0.29, 0.717) is 12.0 Å². The highest BCUT2D eigenvalue weighted by molar-refractivity contribution is 5.47. The van der Waals surface area contributed by atoms with Crippen LogP contribution < -0.4 is 5.32 Å². The maximum atomic E-state index is 13.8. The van der Waals surface area contributed by atoms with Crippen LogP contribution >= 0.6 is 0 Å². The Labute approximate surface area is 131 Å². The fraction of sp³-hybridized carbons (Fsp3) is 0.368. The Balaban J connectivity index is 1.92. The zero-order valence-electron chi connectivity index (χ0n) is 13.0. The normalized spacial score (nSPS) is 26.3. The molecule has 2 aromatic carbocycles. The van der Waals surface area contributed by atoms with Crippen LogP contribution in [0, 0.1) is 5.82 Å². The van der Waals surface area contributed by atoms with E-state index in [2.05, 4.69) is 48.6 Å². The number of nitrogens with one attached hydrogen (secondary N) is 1. The van der Waals surface area contributed by atoms with Gasteiger partial charge in [0.2, 0.25) is 0 Å². The van der Waals surface area contributed by atoms with Crippen molar-refractivity contribution in [1.29, 1.82) is 0 Å². The molecule has 2 aliphatic rings. The average molecular weight is 296 g/mol. The molecule has 0 saturated carbocycles. The largest absolute Gasteiger partial charge is 0.308 e. The van der Waals surface area contributed by atoms with E-state index in [1.165, 1.54) is 16.7 Å². The van der Waals surface area contributed by atoms with E-state index in [0.717, 1.165) is 18.5 Å². The van der Waals surface area contributed by atoms with Crippen LogP contribution in [-0.2, 0) is 6.42 Å². The molecule has 1 fully saturated rings. The van der Waals surface area contributed by atoms with Crippen molar-refractivity contribution in [2.24, 2.45) is 0 Å². The smallest absolute Gasteiger partial charge is 0.123 e. The quantitative estimate of drug-likeness (QED) is 0.870. The zero-order valence-corrected chi connectivity index (χ0v) is 13.0. The van der Waals surface area contributed by atoms with Crippen LogP contribution in [0.4, 0.5) is 4.39 Å². The van der Waals surface area contributed by atoms with Crippen LogP contribution in [0.3, 0.4) is 0 Å². The second-order valence-corrected chi connectivity index (χ2v) is 6.66. The highest BCUT2D eigenvalue weighted by Gasteiger charge is 2.42. The molecule has 2 aromatic rings. The molecule has 1 aliphatic carbocycles. The molecule has 1 saturated heterocycles. The van der Waals surface area contributed by atoms with Gasteiger partial charge in [0.05, 0.1) is 0 Å². The van der Waals surface area contributed by atoms with E-state index in [1.807, 2.05) is 6.07 Å². The van der Waals surface area contributed by atoms with Gasteiger partial charge in [-0.2, -0.15) is 0 Å². The number of nitrogens with zero attached hydrogens (tertiary/aromatic N) is 1.